The number of amides is 1. The van der Waals surface area contributed by atoms with Crippen molar-refractivity contribution < 1.29 is 34.7 Å². The van der Waals surface area contributed by atoms with Gasteiger partial charge in [-0.05, 0) is 0 Å². The molecular formula is C11H20N2O7. The summed E-state index contributed by atoms with van der Waals surface area (Å²) in [6, 6.07) is -1.10. The van der Waals surface area contributed by atoms with Crippen LogP contribution in [0, 0.1) is 0 Å². The van der Waals surface area contributed by atoms with E-state index in [-0.39, 0.29) is 0 Å². The third kappa shape index (κ3) is 4.69. The highest BCUT2D eigenvalue weighted by Gasteiger charge is 2.43. The largest absolute Gasteiger partial charge is 0.482 e. The van der Waals surface area contributed by atoms with Crippen LogP contribution in [-0.4, -0.2) is 83.1 Å². The van der Waals surface area contributed by atoms with Crippen molar-refractivity contribution in [3.8, 4) is 0 Å². The summed E-state index contributed by atoms with van der Waals surface area (Å²) < 4.78 is 9.47. The molecule has 1 saturated heterocycles. The van der Waals surface area contributed by atoms with Gasteiger partial charge in [0.1, 0.15) is 31.0 Å². The molecule has 5 atom stereocenters. The van der Waals surface area contributed by atoms with Crippen LogP contribution in [-0.2, 0) is 14.3 Å². The minimum atomic E-state index is -1.45. The zero-order valence-electron chi connectivity index (χ0n) is 11.0. The van der Waals surface area contributed by atoms with E-state index >= 15 is 0 Å². The monoisotopic (exact) mass is 292 g/mol. The van der Waals surface area contributed by atoms with Gasteiger partial charge in [0.15, 0.2) is 12.7 Å². The zero-order valence-corrected chi connectivity index (χ0v) is 11.0. The third-order valence-corrected chi connectivity index (χ3v) is 2.76. The molecule has 9 heteroatoms. The number of carbonyl (C=O) groups is 1. The standard InChI is InChI=1S/C8H15NO6.C3H5NO/c1-3(11)9-5-7(13)6(12)4(2-10)15-8(5)14;1-2-5-3-4-1/h4-8,10,12-14H,2H2,1H3,(H,9,11);3H,1-2H2/t4-,5-,6-,7-,8-;/m1./s1. The van der Waals surface area contributed by atoms with Crippen LogP contribution < -0.4 is 5.32 Å². The number of nitrogens with one attached hydrogen (secondary N) is 1. The summed E-state index contributed by atoms with van der Waals surface area (Å²) in [6.07, 6.45) is -3.76. The van der Waals surface area contributed by atoms with E-state index in [4.69, 9.17) is 9.84 Å². The van der Waals surface area contributed by atoms with Gasteiger partial charge >= 0.3 is 0 Å². The van der Waals surface area contributed by atoms with E-state index in [9.17, 15) is 20.1 Å². The number of ether oxygens (including phenoxy) is 2. The molecule has 5 N–H and O–H groups in total. The van der Waals surface area contributed by atoms with Gasteiger partial charge in [-0.1, -0.05) is 0 Å². The molecule has 2 aliphatic heterocycles. The lowest BCUT2D eigenvalue weighted by molar-refractivity contribution is -0.253. The van der Waals surface area contributed by atoms with Gasteiger partial charge < -0.3 is 35.2 Å². The van der Waals surface area contributed by atoms with Crippen molar-refractivity contribution in [2.24, 2.45) is 4.99 Å². The van der Waals surface area contributed by atoms with Crippen LogP contribution in [0.3, 0.4) is 0 Å². The number of hydrogen-bond acceptors (Lipinski definition) is 8. The first-order valence-electron chi connectivity index (χ1n) is 6.15. The van der Waals surface area contributed by atoms with Crippen LogP contribution in [0.2, 0.25) is 0 Å². The van der Waals surface area contributed by atoms with Crippen LogP contribution >= 0.6 is 0 Å². The molecule has 0 saturated carbocycles. The molecule has 1 amide bonds. The number of nitrogens with zero attached hydrogens (tertiary/aromatic N) is 1. The maximum absolute atomic E-state index is 10.7. The van der Waals surface area contributed by atoms with Crippen LogP contribution in [0.1, 0.15) is 6.92 Å². The molecule has 0 radical (unpaired) electrons. The second-order valence-electron chi connectivity index (χ2n) is 4.34. The zero-order chi connectivity index (χ0) is 15.1. The lowest BCUT2D eigenvalue weighted by Crippen LogP contribution is -2.63. The maximum Gasteiger partial charge on any atom is 0.217 e. The minimum absolute atomic E-state index is 0.462. The molecule has 1 fully saturated rings. The molecule has 0 aliphatic carbocycles. The Labute approximate surface area is 115 Å². The second-order valence-corrected chi connectivity index (χ2v) is 4.34. The topological polar surface area (TPSA) is 141 Å². The number of aliphatic hydroxyl groups excluding tert-OH is 4. The Bertz CT molecular complexity index is 333. The summed E-state index contributed by atoms with van der Waals surface area (Å²) in [7, 11) is 0. The first-order chi connectivity index (χ1) is 9.47. The summed E-state index contributed by atoms with van der Waals surface area (Å²) in [5.74, 6) is -0.462. The molecule has 9 nitrogen and oxygen atoms in total. The van der Waals surface area contributed by atoms with Gasteiger partial charge in [-0.2, -0.15) is 0 Å². The van der Waals surface area contributed by atoms with Crippen molar-refractivity contribution >= 4 is 12.3 Å². The number of aliphatic imine (C=N–C) groups is 1. The van der Waals surface area contributed by atoms with Gasteiger partial charge in [0, 0.05) is 6.92 Å². The Morgan fingerprint density at radius 3 is 2.50 bits per heavy atom. The summed E-state index contributed by atoms with van der Waals surface area (Å²) >= 11 is 0. The fraction of sp³-hybridized carbons (Fsp3) is 0.818. The van der Waals surface area contributed by atoms with Crippen LogP contribution in [0.15, 0.2) is 4.99 Å². The molecule has 0 spiro atoms. The molecular weight excluding hydrogens is 272 g/mol. The van der Waals surface area contributed by atoms with E-state index in [0.717, 1.165) is 13.2 Å². The predicted octanol–water partition coefficient (Wildman–Crippen LogP) is -3.03. The van der Waals surface area contributed by atoms with Crippen molar-refractivity contribution in [2.75, 3.05) is 19.8 Å². The van der Waals surface area contributed by atoms with Gasteiger partial charge in [-0.15, -0.1) is 0 Å². The van der Waals surface area contributed by atoms with E-state index < -0.39 is 43.2 Å². The molecule has 2 rings (SSSR count). The smallest absolute Gasteiger partial charge is 0.217 e. The quantitative estimate of drug-likeness (QED) is 0.364. The SMILES string of the molecule is C1=NCCO1.CC(=O)N[C@@H]1[C@@H](O)[C@H](O)[C@@H](CO)O[C@H]1O. The van der Waals surface area contributed by atoms with Crippen LogP contribution in [0.4, 0.5) is 0 Å². The maximum atomic E-state index is 10.7. The Balaban J connectivity index is 0.000000333. The first kappa shape index (κ1) is 16.8. The fourth-order valence-corrected chi connectivity index (χ4v) is 1.75. The van der Waals surface area contributed by atoms with Gasteiger partial charge in [-0.3, -0.25) is 9.79 Å². The Morgan fingerprint density at radius 2 is 2.10 bits per heavy atom. The fourth-order valence-electron chi connectivity index (χ4n) is 1.75. The third-order valence-electron chi connectivity index (χ3n) is 2.76. The lowest BCUT2D eigenvalue weighted by Gasteiger charge is -2.40. The Kier molecular flexibility index (Phi) is 6.82. The molecule has 0 unspecified atom stereocenters. The van der Waals surface area contributed by atoms with Crippen LogP contribution in [0.5, 0.6) is 0 Å². The normalized spacial score (nSPS) is 35.8. The van der Waals surface area contributed by atoms with Crippen molar-refractivity contribution in [3.05, 3.63) is 0 Å². The Hall–Kier alpha value is -1.26. The Morgan fingerprint density at radius 1 is 1.40 bits per heavy atom. The van der Waals surface area contributed by atoms with Crippen molar-refractivity contribution in [1.82, 2.24) is 5.32 Å². The number of rotatable bonds is 2. The summed E-state index contributed by atoms with van der Waals surface area (Å²) in [5.41, 5.74) is 0. The summed E-state index contributed by atoms with van der Waals surface area (Å²) in [4.78, 5) is 14.5. The van der Waals surface area contributed by atoms with Gasteiger partial charge in [0.2, 0.25) is 5.91 Å². The number of hydrogen-bond donors (Lipinski definition) is 5. The van der Waals surface area contributed by atoms with Gasteiger partial charge in [-0.25, -0.2) is 0 Å². The highest BCUT2D eigenvalue weighted by molar-refractivity contribution is 5.73. The second kappa shape index (κ2) is 8.12. The van der Waals surface area contributed by atoms with Crippen molar-refractivity contribution in [1.29, 1.82) is 0 Å². The molecule has 0 aromatic heterocycles. The van der Waals surface area contributed by atoms with Gasteiger partial charge in [0.05, 0.1) is 13.2 Å². The van der Waals surface area contributed by atoms with Crippen molar-refractivity contribution in [2.45, 2.75) is 37.6 Å². The summed E-state index contributed by atoms with van der Waals surface area (Å²) in [6.45, 7) is 2.31. The van der Waals surface area contributed by atoms with E-state index in [2.05, 4.69) is 15.0 Å². The molecule has 0 bridgehead atoms. The van der Waals surface area contributed by atoms with Crippen molar-refractivity contribution in [3.63, 3.8) is 0 Å². The van der Waals surface area contributed by atoms with E-state index in [1.165, 1.54) is 13.3 Å². The minimum Gasteiger partial charge on any atom is -0.482 e. The molecule has 2 aliphatic rings. The first-order valence-corrected chi connectivity index (χ1v) is 6.15. The average molecular weight is 292 g/mol. The van der Waals surface area contributed by atoms with E-state index in [1.54, 1.807) is 0 Å². The lowest BCUT2D eigenvalue weighted by atomic mass is 9.97. The summed E-state index contributed by atoms with van der Waals surface area (Å²) in [5, 5.41) is 39.4. The van der Waals surface area contributed by atoms with E-state index in [1.807, 2.05) is 0 Å². The molecule has 2 heterocycles. The molecule has 0 aromatic carbocycles. The molecule has 20 heavy (non-hydrogen) atoms. The number of aliphatic hydroxyl groups is 4. The van der Waals surface area contributed by atoms with E-state index in [0.29, 0.717) is 0 Å². The molecule has 116 valence electrons. The highest BCUT2D eigenvalue weighted by atomic mass is 16.6. The van der Waals surface area contributed by atoms with Crippen LogP contribution in [0.25, 0.3) is 0 Å². The predicted molar refractivity (Wildman–Crippen MR) is 66.9 cm³/mol. The molecule has 0 aromatic rings. The van der Waals surface area contributed by atoms with Gasteiger partial charge in [0.25, 0.3) is 0 Å². The number of carbonyl (C=O) groups excluding carboxylic acids is 1. The highest BCUT2D eigenvalue weighted by Crippen LogP contribution is 2.19. The average Bonchev–Trinajstić information content (AvgIpc) is 2.98.